The SMILES string of the molecule is Cc1cccc(OCCNC(=O)COC(=O)c2cccc(CN3CCCC3=O)c2)c1. The third kappa shape index (κ3) is 6.34. The van der Waals surface area contributed by atoms with E-state index in [0.29, 0.717) is 31.7 Å². The molecule has 1 N–H and O–H groups in total. The van der Waals surface area contributed by atoms with E-state index in [0.717, 1.165) is 29.8 Å². The molecule has 2 aromatic rings. The maximum absolute atomic E-state index is 12.2. The van der Waals surface area contributed by atoms with Crippen molar-refractivity contribution in [1.82, 2.24) is 10.2 Å². The van der Waals surface area contributed by atoms with E-state index in [1.54, 1.807) is 23.1 Å². The van der Waals surface area contributed by atoms with Crippen molar-refractivity contribution in [3.63, 3.8) is 0 Å². The lowest BCUT2D eigenvalue weighted by Gasteiger charge is -2.15. The van der Waals surface area contributed by atoms with Gasteiger partial charge in [0.1, 0.15) is 12.4 Å². The molecule has 0 radical (unpaired) electrons. The van der Waals surface area contributed by atoms with E-state index in [1.165, 1.54) is 0 Å². The highest BCUT2D eigenvalue weighted by atomic mass is 16.5. The Labute approximate surface area is 176 Å². The molecule has 1 heterocycles. The van der Waals surface area contributed by atoms with Crippen LogP contribution in [0, 0.1) is 6.92 Å². The zero-order valence-corrected chi connectivity index (χ0v) is 17.1. The number of nitrogens with one attached hydrogen (secondary N) is 1. The molecular formula is C23H26N2O5. The lowest BCUT2D eigenvalue weighted by molar-refractivity contribution is -0.128. The van der Waals surface area contributed by atoms with Crippen LogP contribution in [-0.4, -0.2) is 49.0 Å². The van der Waals surface area contributed by atoms with Crippen molar-refractivity contribution in [2.45, 2.75) is 26.3 Å². The van der Waals surface area contributed by atoms with Gasteiger partial charge in [0.25, 0.3) is 5.91 Å². The van der Waals surface area contributed by atoms with Crippen LogP contribution in [0.1, 0.15) is 34.3 Å². The van der Waals surface area contributed by atoms with Gasteiger partial charge in [0.2, 0.25) is 5.91 Å². The second-order valence-electron chi connectivity index (χ2n) is 7.21. The fraction of sp³-hybridized carbons (Fsp3) is 0.348. The van der Waals surface area contributed by atoms with Crippen LogP contribution in [0.2, 0.25) is 0 Å². The lowest BCUT2D eigenvalue weighted by Crippen LogP contribution is -2.32. The molecule has 1 aliphatic heterocycles. The molecule has 7 heteroatoms. The molecule has 0 bridgehead atoms. The number of esters is 1. The zero-order chi connectivity index (χ0) is 21.3. The van der Waals surface area contributed by atoms with Gasteiger partial charge in [-0.2, -0.15) is 0 Å². The van der Waals surface area contributed by atoms with Crippen molar-refractivity contribution >= 4 is 17.8 Å². The van der Waals surface area contributed by atoms with E-state index in [9.17, 15) is 14.4 Å². The van der Waals surface area contributed by atoms with Crippen LogP contribution >= 0.6 is 0 Å². The van der Waals surface area contributed by atoms with Gasteiger partial charge in [0.15, 0.2) is 6.61 Å². The molecule has 1 aliphatic rings. The minimum atomic E-state index is -0.573. The number of carbonyl (C=O) groups is 3. The van der Waals surface area contributed by atoms with Crippen molar-refractivity contribution in [3.05, 3.63) is 65.2 Å². The number of benzene rings is 2. The average molecular weight is 410 g/mol. The van der Waals surface area contributed by atoms with Crippen molar-refractivity contribution < 1.29 is 23.9 Å². The Morgan fingerprint density at radius 3 is 2.73 bits per heavy atom. The Morgan fingerprint density at radius 2 is 1.97 bits per heavy atom. The van der Waals surface area contributed by atoms with Gasteiger partial charge >= 0.3 is 5.97 Å². The maximum Gasteiger partial charge on any atom is 0.338 e. The summed E-state index contributed by atoms with van der Waals surface area (Å²) >= 11 is 0. The molecule has 0 unspecified atom stereocenters. The van der Waals surface area contributed by atoms with Gasteiger partial charge in [-0.05, 0) is 48.7 Å². The molecular weight excluding hydrogens is 384 g/mol. The minimum absolute atomic E-state index is 0.131. The molecule has 0 aliphatic carbocycles. The van der Waals surface area contributed by atoms with Gasteiger partial charge in [0, 0.05) is 19.5 Å². The topological polar surface area (TPSA) is 84.9 Å². The van der Waals surface area contributed by atoms with Crippen LogP contribution < -0.4 is 10.1 Å². The van der Waals surface area contributed by atoms with Crippen molar-refractivity contribution in [2.24, 2.45) is 0 Å². The minimum Gasteiger partial charge on any atom is -0.492 e. The van der Waals surface area contributed by atoms with Gasteiger partial charge in [-0.25, -0.2) is 4.79 Å². The first-order valence-corrected chi connectivity index (χ1v) is 10.0. The van der Waals surface area contributed by atoms with Gasteiger partial charge in [-0.1, -0.05) is 24.3 Å². The Kier molecular flexibility index (Phi) is 7.43. The summed E-state index contributed by atoms with van der Waals surface area (Å²) in [6.45, 7) is 3.45. The van der Waals surface area contributed by atoms with Crippen LogP contribution in [0.25, 0.3) is 0 Å². The van der Waals surface area contributed by atoms with Crippen molar-refractivity contribution in [1.29, 1.82) is 0 Å². The molecule has 0 spiro atoms. The van der Waals surface area contributed by atoms with Crippen molar-refractivity contribution in [3.8, 4) is 5.75 Å². The molecule has 158 valence electrons. The van der Waals surface area contributed by atoms with E-state index in [1.807, 2.05) is 37.3 Å². The van der Waals surface area contributed by atoms with Gasteiger partial charge in [-0.3, -0.25) is 9.59 Å². The molecule has 0 atom stereocenters. The number of likely N-dealkylation sites (tertiary alicyclic amines) is 1. The molecule has 2 aromatic carbocycles. The predicted octanol–water partition coefficient (Wildman–Crippen LogP) is 2.47. The normalized spacial score (nSPS) is 13.2. The average Bonchev–Trinajstić information content (AvgIpc) is 3.14. The Balaban J connectivity index is 1.38. The van der Waals surface area contributed by atoms with Gasteiger partial charge in [-0.15, -0.1) is 0 Å². The Bertz CT molecular complexity index is 912. The molecule has 30 heavy (non-hydrogen) atoms. The van der Waals surface area contributed by atoms with Gasteiger partial charge < -0.3 is 19.7 Å². The zero-order valence-electron chi connectivity index (χ0n) is 17.1. The molecule has 0 aromatic heterocycles. The number of aryl methyl sites for hydroxylation is 1. The van der Waals surface area contributed by atoms with E-state index >= 15 is 0 Å². The van der Waals surface area contributed by atoms with E-state index in [-0.39, 0.29) is 12.5 Å². The van der Waals surface area contributed by atoms with Crippen LogP contribution in [0.15, 0.2) is 48.5 Å². The third-order valence-electron chi connectivity index (χ3n) is 4.72. The molecule has 0 saturated carbocycles. The number of hydrogen-bond acceptors (Lipinski definition) is 5. The van der Waals surface area contributed by atoms with Gasteiger partial charge in [0.05, 0.1) is 12.1 Å². The molecule has 7 nitrogen and oxygen atoms in total. The summed E-state index contributed by atoms with van der Waals surface area (Å²) in [7, 11) is 0. The summed E-state index contributed by atoms with van der Waals surface area (Å²) in [4.78, 5) is 37.7. The molecule has 2 amide bonds. The third-order valence-corrected chi connectivity index (χ3v) is 4.72. The predicted molar refractivity (Wildman–Crippen MR) is 111 cm³/mol. The molecule has 1 fully saturated rings. The highest BCUT2D eigenvalue weighted by Gasteiger charge is 2.20. The second kappa shape index (κ2) is 10.4. The number of rotatable bonds is 9. The van der Waals surface area contributed by atoms with Crippen LogP contribution in [0.5, 0.6) is 5.75 Å². The van der Waals surface area contributed by atoms with Crippen molar-refractivity contribution in [2.75, 3.05) is 26.3 Å². The summed E-state index contributed by atoms with van der Waals surface area (Å²) in [5.74, 6) is -0.0945. The molecule has 1 saturated heterocycles. The first kappa shape index (κ1) is 21.4. The first-order valence-electron chi connectivity index (χ1n) is 10.0. The summed E-state index contributed by atoms with van der Waals surface area (Å²) in [5, 5.41) is 2.65. The summed E-state index contributed by atoms with van der Waals surface area (Å²) < 4.78 is 10.7. The maximum atomic E-state index is 12.2. The number of ether oxygens (including phenoxy) is 2. The monoisotopic (exact) mass is 410 g/mol. The largest absolute Gasteiger partial charge is 0.492 e. The fourth-order valence-corrected chi connectivity index (χ4v) is 3.22. The first-order chi connectivity index (χ1) is 14.5. The van der Waals surface area contributed by atoms with E-state index in [4.69, 9.17) is 9.47 Å². The number of hydrogen-bond donors (Lipinski definition) is 1. The standard InChI is InChI=1S/C23H26N2O5/c1-17-5-2-8-20(13-17)29-12-10-24-21(26)16-30-23(28)19-7-3-6-18(14-19)15-25-11-4-9-22(25)27/h2-3,5-8,13-14H,4,9-12,15-16H2,1H3,(H,24,26). The highest BCUT2D eigenvalue weighted by molar-refractivity contribution is 5.91. The quantitative estimate of drug-likeness (QED) is 0.507. The fourth-order valence-electron chi connectivity index (χ4n) is 3.22. The van der Waals surface area contributed by atoms with E-state index < -0.39 is 11.9 Å². The summed E-state index contributed by atoms with van der Waals surface area (Å²) in [6.07, 6.45) is 1.44. The van der Waals surface area contributed by atoms with E-state index in [2.05, 4.69) is 5.32 Å². The Hall–Kier alpha value is -3.35. The summed E-state index contributed by atoms with van der Waals surface area (Å²) in [5.41, 5.74) is 2.31. The lowest BCUT2D eigenvalue weighted by atomic mass is 10.1. The smallest absolute Gasteiger partial charge is 0.338 e. The second-order valence-corrected chi connectivity index (χ2v) is 7.21. The van der Waals surface area contributed by atoms with Crippen LogP contribution in [0.3, 0.4) is 0 Å². The summed E-state index contributed by atoms with van der Waals surface area (Å²) in [6, 6.07) is 14.6. The number of nitrogens with zero attached hydrogens (tertiary/aromatic N) is 1. The number of carbonyl (C=O) groups excluding carboxylic acids is 3. The molecule has 3 rings (SSSR count). The number of amides is 2. The Morgan fingerprint density at radius 1 is 1.13 bits per heavy atom. The highest BCUT2D eigenvalue weighted by Crippen LogP contribution is 2.15. The van der Waals surface area contributed by atoms with Crippen LogP contribution in [0.4, 0.5) is 0 Å². The van der Waals surface area contributed by atoms with Crippen LogP contribution in [-0.2, 0) is 20.9 Å².